The Kier molecular flexibility index (Phi) is 5.46. The third-order valence-corrected chi connectivity index (χ3v) is 3.88. The van der Waals surface area contributed by atoms with Crippen LogP contribution in [0.25, 0.3) is 0 Å². The summed E-state index contributed by atoms with van der Waals surface area (Å²) in [6.45, 7) is 10.7. The quantitative estimate of drug-likeness (QED) is 0.929. The largest absolute Gasteiger partial charge is 0.444 e. The number of carbonyl (C=O) groups is 1. The normalized spacial score (nSPS) is 19.7. The number of piperidine rings is 1. The van der Waals surface area contributed by atoms with E-state index in [1.165, 1.54) is 11.1 Å². The third kappa shape index (κ3) is 5.34. The predicted octanol–water partition coefficient (Wildman–Crippen LogP) is 3.48. The maximum Gasteiger partial charge on any atom is 0.407 e. The Morgan fingerprint density at radius 2 is 2.09 bits per heavy atom. The van der Waals surface area contributed by atoms with Crippen molar-refractivity contribution in [3.05, 3.63) is 35.4 Å². The van der Waals surface area contributed by atoms with Crippen molar-refractivity contribution in [2.75, 3.05) is 13.1 Å². The molecule has 0 aliphatic carbocycles. The molecule has 1 aromatic rings. The number of alkyl carbamates (subject to hydrolysis) is 1. The first kappa shape index (κ1) is 16.8. The maximum absolute atomic E-state index is 11.9. The molecule has 1 aliphatic rings. The molecule has 4 nitrogen and oxygen atoms in total. The van der Waals surface area contributed by atoms with Crippen LogP contribution in [0, 0.1) is 6.92 Å². The zero-order valence-corrected chi connectivity index (χ0v) is 14.2. The van der Waals surface area contributed by atoms with E-state index in [2.05, 4.69) is 41.4 Å². The van der Waals surface area contributed by atoms with Gasteiger partial charge >= 0.3 is 6.09 Å². The predicted molar refractivity (Wildman–Crippen MR) is 88.8 cm³/mol. The molecule has 122 valence electrons. The Balaban J connectivity index is 1.87. The van der Waals surface area contributed by atoms with Gasteiger partial charge in [0.1, 0.15) is 5.60 Å². The highest BCUT2D eigenvalue weighted by Gasteiger charge is 2.24. The van der Waals surface area contributed by atoms with Crippen LogP contribution in [-0.2, 0) is 11.3 Å². The second-order valence-electron chi connectivity index (χ2n) is 7.15. The summed E-state index contributed by atoms with van der Waals surface area (Å²) in [6, 6.07) is 8.66. The van der Waals surface area contributed by atoms with E-state index < -0.39 is 5.60 Å². The van der Waals surface area contributed by atoms with Gasteiger partial charge in [-0.2, -0.15) is 0 Å². The van der Waals surface area contributed by atoms with Gasteiger partial charge in [0.2, 0.25) is 0 Å². The van der Waals surface area contributed by atoms with Gasteiger partial charge in [0.05, 0.1) is 0 Å². The van der Waals surface area contributed by atoms with Crippen LogP contribution >= 0.6 is 0 Å². The number of benzene rings is 1. The molecular formula is C18H28N2O2. The highest BCUT2D eigenvalue weighted by atomic mass is 16.6. The smallest absolute Gasteiger partial charge is 0.407 e. The van der Waals surface area contributed by atoms with Gasteiger partial charge in [-0.05, 0) is 58.2 Å². The third-order valence-electron chi connectivity index (χ3n) is 3.88. The molecular weight excluding hydrogens is 276 g/mol. The van der Waals surface area contributed by atoms with Crippen LogP contribution in [-0.4, -0.2) is 35.7 Å². The lowest BCUT2D eigenvalue weighted by Gasteiger charge is -2.33. The summed E-state index contributed by atoms with van der Waals surface area (Å²) in [7, 11) is 0. The van der Waals surface area contributed by atoms with E-state index in [-0.39, 0.29) is 12.1 Å². The van der Waals surface area contributed by atoms with Crippen molar-refractivity contribution >= 4 is 6.09 Å². The molecule has 1 aromatic carbocycles. The van der Waals surface area contributed by atoms with E-state index in [1.807, 2.05) is 20.8 Å². The number of rotatable bonds is 3. The van der Waals surface area contributed by atoms with Crippen LogP contribution in [0.4, 0.5) is 4.79 Å². The van der Waals surface area contributed by atoms with Crippen molar-refractivity contribution in [3.8, 4) is 0 Å². The Bertz CT molecular complexity index is 508. The van der Waals surface area contributed by atoms with Crippen molar-refractivity contribution in [2.45, 2.75) is 58.7 Å². The number of hydrogen-bond acceptors (Lipinski definition) is 3. The Morgan fingerprint density at radius 1 is 1.36 bits per heavy atom. The van der Waals surface area contributed by atoms with Crippen LogP contribution in [0.3, 0.4) is 0 Å². The van der Waals surface area contributed by atoms with Gasteiger partial charge in [0, 0.05) is 19.1 Å². The number of aryl methyl sites for hydroxylation is 1. The average Bonchev–Trinajstić information content (AvgIpc) is 2.39. The lowest BCUT2D eigenvalue weighted by molar-refractivity contribution is 0.0470. The monoisotopic (exact) mass is 304 g/mol. The molecule has 0 spiro atoms. The minimum Gasteiger partial charge on any atom is -0.444 e. The summed E-state index contributed by atoms with van der Waals surface area (Å²) in [5, 5.41) is 3.00. The summed E-state index contributed by atoms with van der Waals surface area (Å²) in [4.78, 5) is 14.3. The molecule has 22 heavy (non-hydrogen) atoms. The topological polar surface area (TPSA) is 41.6 Å². The summed E-state index contributed by atoms with van der Waals surface area (Å²) in [6.07, 6.45) is 1.81. The molecule has 0 bridgehead atoms. The number of hydrogen-bond donors (Lipinski definition) is 1. The number of nitrogens with zero attached hydrogens (tertiary/aromatic N) is 1. The van der Waals surface area contributed by atoms with Gasteiger partial charge < -0.3 is 10.1 Å². The van der Waals surface area contributed by atoms with E-state index >= 15 is 0 Å². The highest BCUT2D eigenvalue weighted by Crippen LogP contribution is 2.16. The first-order valence-corrected chi connectivity index (χ1v) is 8.10. The fourth-order valence-electron chi connectivity index (χ4n) is 2.82. The van der Waals surface area contributed by atoms with Gasteiger partial charge in [-0.15, -0.1) is 0 Å². The zero-order valence-electron chi connectivity index (χ0n) is 14.2. The van der Waals surface area contributed by atoms with E-state index in [0.717, 1.165) is 32.5 Å². The molecule has 1 amide bonds. The number of nitrogens with one attached hydrogen (secondary N) is 1. The lowest BCUT2D eigenvalue weighted by atomic mass is 10.0. The van der Waals surface area contributed by atoms with Gasteiger partial charge in [0.25, 0.3) is 0 Å². The van der Waals surface area contributed by atoms with E-state index in [4.69, 9.17) is 4.74 Å². The summed E-state index contributed by atoms with van der Waals surface area (Å²) in [5.74, 6) is 0. The number of ether oxygens (including phenoxy) is 1. The Hall–Kier alpha value is -1.55. The lowest BCUT2D eigenvalue weighted by Crippen LogP contribution is -2.48. The summed E-state index contributed by atoms with van der Waals surface area (Å²) < 4.78 is 5.34. The van der Waals surface area contributed by atoms with Crippen molar-refractivity contribution in [1.29, 1.82) is 0 Å². The molecule has 0 radical (unpaired) electrons. The first-order chi connectivity index (χ1) is 10.3. The second-order valence-corrected chi connectivity index (χ2v) is 7.15. The molecule has 1 N–H and O–H groups in total. The number of amides is 1. The minimum atomic E-state index is -0.445. The standard InChI is InChI=1S/C18H28N2O2/c1-14-8-5-6-9-15(14)12-20-11-7-10-16(13-20)19-17(21)22-18(2,3)4/h5-6,8-9,16H,7,10-13H2,1-4H3,(H,19,21). The van der Waals surface area contributed by atoms with Gasteiger partial charge in [-0.1, -0.05) is 24.3 Å². The summed E-state index contributed by atoms with van der Waals surface area (Å²) in [5.41, 5.74) is 2.24. The van der Waals surface area contributed by atoms with Gasteiger partial charge in [0.15, 0.2) is 0 Å². The zero-order chi connectivity index (χ0) is 16.2. The molecule has 0 aromatic heterocycles. The number of carbonyl (C=O) groups excluding carboxylic acids is 1. The molecule has 1 saturated heterocycles. The van der Waals surface area contributed by atoms with Crippen LogP contribution in [0.2, 0.25) is 0 Å². The van der Waals surface area contributed by atoms with Crippen LogP contribution < -0.4 is 5.32 Å². The summed E-state index contributed by atoms with van der Waals surface area (Å²) >= 11 is 0. The Labute approximate surface area is 133 Å². The van der Waals surface area contributed by atoms with Crippen LogP contribution in [0.15, 0.2) is 24.3 Å². The van der Waals surface area contributed by atoms with E-state index in [0.29, 0.717) is 0 Å². The van der Waals surface area contributed by atoms with Crippen molar-refractivity contribution < 1.29 is 9.53 Å². The van der Waals surface area contributed by atoms with Gasteiger partial charge in [-0.3, -0.25) is 4.90 Å². The maximum atomic E-state index is 11.9. The fraction of sp³-hybridized carbons (Fsp3) is 0.611. The molecule has 0 saturated carbocycles. The van der Waals surface area contributed by atoms with E-state index in [9.17, 15) is 4.79 Å². The van der Waals surface area contributed by atoms with Crippen LogP contribution in [0.5, 0.6) is 0 Å². The minimum absolute atomic E-state index is 0.174. The highest BCUT2D eigenvalue weighted by molar-refractivity contribution is 5.68. The molecule has 1 aliphatic heterocycles. The van der Waals surface area contributed by atoms with Crippen molar-refractivity contribution in [2.24, 2.45) is 0 Å². The molecule has 1 fully saturated rings. The second kappa shape index (κ2) is 7.14. The number of likely N-dealkylation sites (tertiary alicyclic amines) is 1. The van der Waals surface area contributed by atoms with E-state index in [1.54, 1.807) is 0 Å². The fourth-order valence-corrected chi connectivity index (χ4v) is 2.82. The SMILES string of the molecule is Cc1ccccc1CN1CCCC(NC(=O)OC(C)(C)C)C1. The molecule has 4 heteroatoms. The first-order valence-electron chi connectivity index (χ1n) is 8.10. The molecule has 1 unspecified atom stereocenters. The van der Waals surface area contributed by atoms with Crippen molar-refractivity contribution in [3.63, 3.8) is 0 Å². The molecule has 1 atom stereocenters. The van der Waals surface area contributed by atoms with Crippen molar-refractivity contribution in [1.82, 2.24) is 10.2 Å². The molecule has 2 rings (SSSR count). The van der Waals surface area contributed by atoms with Crippen LogP contribution in [0.1, 0.15) is 44.7 Å². The molecule has 1 heterocycles. The van der Waals surface area contributed by atoms with Gasteiger partial charge in [-0.25, -0.2) is 4.79 Å². The average molecular weight is 304 g/mol. The Morgan fingerprint density at radius 3 is 2.77 bits per heavy atom.